The number of amides is 2. The van der Waals surface area contributed by atoms with Crippen molar-refractivity contribution in [2.45, 2.75) is 32.9 Å². The Kier molecular flexibility index (Phi) is 5.04. The van der Waals surface area contributed by atoms with E-state index in [2.05, 4.69) is 24.1 Å². The molecule has 1 N–H and O–H groups in total. The van der Waals surface area contributed by atoms with Crippen LogP contribution in [-0.4, -0.2) is 45.4 Å². The van der Waals surface area contributed by atoms with Crippen LogP contribution in [0.1, 0.15) is 31.3 Å². The predicted molar refractivity (Wildman–Crippen MR) is 81.8 cm³/mol. The van der Waals surface area contributed by atoms with E-state index in [1.807, 2.05) is 6.92 Å². The van der Waals surface area contributed by atoms with Crippen LogP contribution in [0, 0.1) is 5.92 Å². The Morgan fingerprint density at radius 2 is 2.20 bits per heavy atom. The van der Waals surface area contributed by atoms with Gasteiger partial charge in [-0.25, -0.2) is 4.98 Å². The van der Waals surface area contributed by atoms with E-state index in [1.165, 1.54) is 11.3 Å². The normalized spacial score (nSPS) is 20.2. The molecule has 0 aromatic carbocycles. The highest BCUT2D eigenvalue weighted by molar-refractivity contribution is 7.99. The number of thiazole rings is 1. The Balaban J connectivity index is 2.04. The summed E-state index contributed by atoms with van der Waals surface area (Å²) < 4.78 is 0. The molecule has 20 heavy (non-hydrogen) atoms. The van der Waals surface area contributed by atoms with Crippen LogP contribution in [0.5, 0.6) is 0 Å². The van der Waals surface area contributed by atoms with Crippen molar-refractivity contribution in [3.05, 3.63) is 16.6 Å². The molecule has 0 unspecified atom stereocenters. The summed E-state index contributed by atoms with van der Waals surface area (Å²) in [5.74, 6) is 1.33. The van der Waals surface area contributed by atoms with Gasteiger partial charge in [0.25, 0.3) is 5.91 Å². The first-order chi connectivity index (χ1) is 9.50. The Labute approximate surface area is 127 Å². The molecule has 0 aliphatic carbocycles. The number of thioether (sulfide) groups is 1. The van der Waals surface area contributed by atoms with E-state index in [0.29, 0.717) is 23.2 Å². The fourth-order valence-corrected chi connectivity index (χ4v) is 3.49. The highest BCUT2D eigenvalue weighted by atomic mass is 32.2. The lowest BCUT2D eigenvalue weighted by atomic mass is 10.1. The van der Waals surface area contributed by atoms with Crippen molar-refractivity contribution in [3.8, 4) is 0 Å². The fraction of sp³-hybridized carbons (Fsp3) is 0.615. The van der Waals surface area contributed by atoms with E-state index in [-0.39, 0.29) is 17.9 Å². The van der Waals surface area contributed by atoms with Crippen LogP contribution < -0.4 is 5.32 Å². The number of nitrogens with zero attached hydrogens (tertiary/aromatic N) is 2. The third-order valence-electron chi connectivity index (χ3n) is 3.47. The lowest BCUT2D eigenvalue weighted by Gasteiger charge is -2.25. The second kappa shape index (κ2) is 6.58. The van der Waals surface area contributed by atoms with Crippen LogP contribution in [0.15, 0.2) is 10.9 Å². The molecule has 1 aromatic rings. The molecule has 2 heterocycles. The Bertz CT molecular complexity index is 476. The molecule has 2 amide bonds. The van der Waals surface area contributed by atoms with Gasteiger partial charge in [0.05, 0.1) is 11.4 Å². The standard InChI is InChI=1S/C13H19N3O2S2/c1-8(2)9(3)15-12(17)11-5-20-7-16(11)13(18)10-4-19-6-14-10/h4,6,8-9,11H,5,7H2,1-3H3,(H,15,17)/t9-,11+/m1/s1. The molecule has 0 radical (unpaired) electrons. The number of aromatic nitrogens is 1. The summed E-state index contributed by atoms with van der Waals surface area (Å²) in [4.78, 5) is 30.3. The average molecular weight is 313 g/mol. The van der Waals surface area contributed by atoms with E-state index < -0.39 is 6.04 Å². The minimum absolute atomic E-state index is 0.0696. The molecule has 110 valence electrons. The summed E-state index contributed by atoms with van der Waals surface area (Å²) in [6.45, 7) is 6.11. The molecule has 5 nitrogen and oxygen atoms in total. The van der Waals surface area contributed by atoms with Gasteiger partial charge < -0.3 is 10.2 Å². The van der Waals surface area contributed by atoms with Crippen molar-refractivity contribution in [2.75, 3.05) is 11.6 Å². The van der Waals surface area contributed by atoms with Crippen LogP contribution in [0.2, 0.25) is 0 Å². The summed E-state index contributed by atoms with van der Waals surface area (Å²) >= 11 is 2.98. The first-order valence-electron chi connectivity index (χ1n) is 6.58. The number of hydrogen-bond donors (Lipinski definition) is 1. The lowest BCUT2D eigenvalue weighted by Crippen LogP contribution is -2.50. The maximum Gasteiger partial charge on any atom is 0.274 e. The molecule has 0 saturated carbocycles. The maximum absolute atomic E-state index is 12.3. The summed E-state index contributed by atoms with van der Waals surface area (Å²) in [6, 6.07) is -0.292. The van der Waals surface area contributed by atoms with Gasteiger partial charge in [0.2, 0.25) is 5.91 Å². The smallest absolute Gasteiger partial charge is 0.274 e. The summed E-state index contributed by atoms with van der Waals surface area (Å²) in [7, 11) is 0. The van der Waals surface area contributed by atoms with Gasteiger partial charge >= 0.3 is 0 Å². The van der Waals surface area contributed by atoms with Crippen LogP contribution in [0.25, 0.3) is 0 Å². The highest BCUT2D eigenvalue weighted by Gasteiger charge is 2.36. The molecule has 0 spiro atoms. The van der Waals surface area contributed by atoms with Crippen LogP contribution in [0.4, 0.5) is 0 Å². The number of rotatable bonds is 4. The van der Waals surface area contributed by atoms with Gasteiger partial charge in [-0.1, -0.05) is 13.8 Å². The Hall–Kier alpha value is -1.08. The molecule has 2 rings (SSSR count). The molecule has 1 saturated heterocycles. The van der Waals surface area contributed by atoms with E-state index in [0.717, 1.165) is 0 Å². The number of nitrogens with one attached hydrogen (secondary N) is 1. The van der Waals surface area contributed by atoms with Crippen molar-refractivity contribution in [2.24, 2.45) is 5.92 Å². The van der Waals surface area contributed by atoms with Gasteiger partial charge in [0, 0.05) is 17.2 Å². The molecule has 2 atom stereocenters. The summed E-state index contributed by atoms with van der Waals surface area (Å²) in [6.07, 6.45) is 0. The zero-order chi connectivity index (χ0) is 14.7. The summed E-state index contributed by atoms with van der Waals surface area (Å²) in [5, 5.41) is 4.71. The molecule has 1 aromatic heterocycles. The molecule has 7 heteroatoms. The van der Waals surface area contributed by atoms with Crippen molar-refractivity contribution >= 4 is 34.9 Å². The topological polar surface area (TPSA) is 62.3 Å². The van der Waals surface area contributed by atoms with Crippen molar-refractivity contribution in [1.82, 2.24) is 15.2 Å². The Morgan fingerprint density at radius 1 is 1.45 bits per heavy atom. The first kappa shape index (κ1) is 15.3. The van der Waals surface area contributed by atoms with Gasteiger partial charge in [-0.3, -0.25) is 9.59 Å². The number of carbonyl (C=O) groups excluding carboxylic acids is 2. The van der Waals surface area contributed by atoms with Gasteiger partial charge in [0.1, 0.15) is 11.7 Å². The van der Waals surface area contributed by atoms with E-state index >= 15 is 0 Å². The van der Waals surface area contributed by atoms with Crippen LogP contribution >= 0.6 is 23.1 Å². The van der Waals surface area contributed by atoms with E-state index in [9.17, 15) is 9.59 Å². The van der Waals surface area contributed by atoms with Crippen molar-refractivity contribution < 1.29 is 9.59 Å². The molecular weight excluding hydrogens is 294 g/mol. The Morgan fingerprint density at radius 3 is 2.80 bits per heavy atom. The van der Waals surface area contributed by atoms with Crippen LogP contribution in [-0.2, 0) is 4.79 Å². The molecule has 1 aliphatic rings. The van der Waals surface area contributed by atoms with Crippen molar-refractivity contribution in [3.63, 3.8) is 0 Å². The van der Waals surface area contributed by atoms with Crippen LogP contribution in [0.3, 0.4) is 0 Å². The SMILES string of the molecule is CC(C)[C@@H](C)NC(=O)[C@@H]1CSCN1C(=O)c1cscn1. The maximum atomic E-state index is 12.3. The molecule has 1 aliphatic heterocycles. The molecule has 1 fully saturated rings. The second-order valence-corrected chi connectivity index (χ2v) is 6.92. The first-order valence-corrected chi connectivity index (χ1v) is 8.67. The lowest BCUT2D eigenvalue weighted by molar-refractivity contribution is -0.125. The molecule has 0 bridgehead atoms. The third-order valence-corrected chi connectivity index (χ3v) is 5.07. The van der Waals surface area contributed by atoms with Gasteiger partial charge in [-0.15, -0.1) is 23.1 Å². The second-order valence-electron chi connectivity index (χ2n) is 5.21. The third kappa shape index (κ3) is 3.32. The fourth-order valence-electron chi connectivity index (χ4n) is 1.81. The molecular formula is C13H19N3O2S2. The van der Waals surface area contributed by atoms with Gasteiger partial charge in [-0.2, -0.15) is 0 Å². The number of hydrogen-bond acceptors (Lipinski definition) is 5. The van der Waals surface area contributed by atoms with E-state index in [1.54, 1.807) is 27.6 Å². The highest BCUT2D eigenvalue weighted by Crippen LogP contribution is 2.23. The zero-order valence-corrected chi connectivity index (χ0v) is 13.5. The number of carbonyl (C=O) groups is 2. The minimum Gasteiger partial charge on any atom is -0.352 e. The van der Waals surface area contributed by atoms with Crippen molar-refractivity contribution in [1.29, 1.82) is 0 Å². The largest absolute Gasteiger partial charge is 0.352 e. The zero-order valence-electron chi connectivity index (χ0n) is 11.8. The quantitative estimate of drug-likeness (QED) is 0.921. The summed E-state index contributed by atoms with van der Waals surface area (Å²) in [5.41, 5.74) is 2.05. The minimum atomic E-state index is -0.393. The predicted octanol–water partition coefficient (Wildman–Crippen LogP) is 1.82. The monoisotopic (exact) mass is 313 g/mol. The van der Waals surface area contributed by atoms with E-state index in [4.69, 9.17) is 0 Å². The van der Waals surface area contributed by atoms with Gasteiger partial charge in [-0.05, 0) is 12.8 Å². The van der Waals surface area contributed by atoms with Gasteiger partial charge in [0.15, 0.2) is 0 Å². The average Bonchev–Trinajstić information content (AvgIpc) is 3.08.